The molecule has 1 unspecified atom stereocenters. The van der Waals surface area contributed by atoms with Gasteiger partial charge < -0.3 is 20.1 Å². The molecule has 2 aliphatic heterocycles. The number of cyclic esters (lactones) is 2. The Morgan fingerprint density at radius 2 is 1.09 bits per heavy atom. The highest BCUT2D eigenvalue weighted by atomic mass is 16.6. The number of carboxylic acids is 3. The van der Waals surface area contributed by atoms with Gasteiger partial charge in [0, 0.05) is 58.8 Å². The molecule has 0 aromatic heterocycles. The Bertz CT molecular complexity index is 686. The number of aliphatic carboxylic acids is 3. The van der Waals surface area contributed by atoms with Crippen LogP contribution in [0.3, 0.4) is 0 Å². The van der Waals surface area contributed by atoms with Gasteiger partial charge in [-0.3, -0.25) is 38.8 Å². The fourth-order valence-corrected chi connectivity index (χ4v) is 3.85. The van der Waals surface area contributed by atoms with Gasteiger partial charge in [-0.25, -0.2) is 4.79 Å². The second-order valence-corrected chi connectivity index (χ2v) is 7.89. The Labute approximate surface area is 198 Å². The van der Waals surface area contributed by atoms with Crippen LogP contribution >= 0.6 is 0 Å². The normalized spacial score (nSPS) is 22.5. The number of rotatable bonds is 7. The molecule has 34 heavy (non-hydrogen) atoms. The summed E-state index contributed by atoms with van der Waals surface area (Å²) in [7, 11) is 0. The van der Waals surface area contributed by atoms with E-state index >= 15 is 0 Å². The fourth-order valence-electron chi connectivity index (χ4n) is 3.85. The number of hydrogen-bond acceptors (Lipinski definition) is 10. The van der Waals surface area contributed by atoms with Crippen molar-refractivity contribution in [1.82, 2.24) is 19.6 Å². The van der Waals surface area contributed by atoms with Crippen molar-refractivity contribution in [2.75, 3.05) is 72.0 Å². The van der Waals surface area contributed by atoms with Gasteiger partial charge in [-0.1, -0.05) is 13.8 Å². The largest absolute Gasteiger partial charge is 0.480 e. The second-order valence-electron chi connectivity index (χ2n) is 7.89. The van der Waals surface area contributed by atoms with Gasteiger partial charge in [-0.05, 0) is 6.42 Å². The van der Waals surface area contributed by atoms with E-state index in [-0.39, 0.29) is 32.5 Å². The quantitative estimate of drug-likeness (QED) is 0.286. The van der Waals surface area contributed by atoms with Crippen LogP contribution in [-0.4, -0.2) is 143 Å². The van der Waals surface area contributed by atoms with Crippen LogP contribution in [0.2, 0.25) is 0 Å². The zero-order valence-corrected chi connectivity index (χ0v) is 19.8. The van der Waals surface area contributed by atoms with Crippen molar-refractivity contribution in [2.24, 2.45) is 0 Å². The average molecular weight is 489 g/mol. The molecule has 0 saturated carbocycles. The van der Waals surface area contributed by atoms with Gasteiger partial charge in [0.15, 0.2) is 0 Å². The van der Waals surface area contributed by atoms with Crippen LogP contribution in [0.5, 0.6) is 0 Å². The van der Waals surface area contributed by atoms with Crippen molar-refractivity contribution in [3.63, 3.8) is 0 Å². The average Bonchev–Trinajstić information content (AvgIpc) is 2.75. The first-order valence-electron chi connectivity index (χ1n) is 11.4. The minimum atomic E-state index is -1.02. The highest BCUT2D eigenvalue weighted by Crippen LogP contribution is 2.16. The first kappa shape index (κ1) is 29.4. The number of esters is 2. The van der Waals surface area contributed by atoms with Crippen molar-refractivity contribution in [2.45, 2.75) is 32.7 Å². The zero-order chi connectivity index (χ0) is 25.7. The topological polar surface area (TPSA) is 168 Å². The lowest BCUT2D eigenvalue weighted by Gasteiger charge is -2.36. The number of nitrogens with zero attached hydrogens (tertiary/aromatic N) is 4. The summed E-state index contributed by atoms with van der Waals surface area (Å²) in [6.07, 6.45) is 0.372. The number of carboxylic acid groups (broad SMARTS) is 3. The number of carbonyl (C=O) groups excluding carboxylic acids is 2. The highest BCUT2D eigenvalue weighted by Gasteiger charge is 2.34. The van der Waals surface area contributed by atoms with Crippen LogP contribution in [0.25, 0.3) is 0 Å². The minimum Gasteiger partial charge on any atom is -0.480 e. The summed E-state index contributed by atoms with van der Waals surface area (Å²) in [5.74, 6) is -4.31. The maximum atomic E-state index is 12.3. The summed E-state index contributed by atoms with van der Waals surface area (Å²) in [5, 5.41) is 27.6. The molecule has 3 N–H and O–H groups in total. The third-order valence-corrected chi connectivity index (χ3v) is 5.50. The van der Waals surface area contributed by atoms with Crippen molar-refractivity contribution >= 4 is 29.8 Å². The Morgan fingerprint density at radius 1 is 0.735 bits per heavy atom. The predicted octanol–water partition coefficient (Wildman–Crippen LogP) is -1.28. The van der Waals surface area contributed by atoms with Crippen LogP contribution in [-0.2, 0) is 28.7 Å². The van der Waals surface area contributed by atoms with Crippen LogP contribution in [0.1, 0.15) is 26.7 Å². The van der Waals surface area contributed by atoms with E-state index in [4.69, 9.17) is 9.84 Å². The molecule has 2 rings (SSSR count). The van der Waals surface area contributed by atoms with Gasteiger partial charge >= 0.3 is 29.8 Å². The maximum absolute atomic E-state index is 12.3. The first-order valence-corrected chi connectivity index (χ1v) is 11.4. The summed E-state index contributed by atoms with van der Waals surface area (Å²) >= 11 is 0. The van der Waals surface area contributed by atoms with E-state index in [1.165, 1.54) is 0 Å². The lowest BCUT2D eigenvalue weighted by atomic mass is 10.1. The minimum absolute atomic E-state index is 0.0920. The van der Waals surface area contributed by atoms with Crippen molar-refractivity contribution in [1.29, 1.82) is 0 Å². The fraction of sp³-hybridized carbons (Fsp3) is 0.762. The Morgan fingerprint density at radius 3 is 1.41 bits per heavy atom. The molecule has 2 heterocycles. The van der Waals surface area contributed by atoms with Crippen LogP contribution in [0.15, 0.2) is 0 Å². The Hall–Kier alpha value is -2.61. The van der Waals surface area contributed by atoms with E-state index in [1.54, 1.807) is 19.6 Å². The third kappa shape index (κ3) is 11.0. The molecule has 13 nitrogen and oxygen atoms in total. The first-order chi connectivity index (χ1) is 16.1. The molecule has 2 aliphatic rings. The number of hydrogen-bond donors (Lipinski definition) is 3. The van der Waals surface area contributed by atoms with E-state index in [9.17, 15) is 34.2 Å². The molecule has 0 radical (unpaired) electrons. The highest BCUT2D eigenvalue weighted by molar-refractivity contribution is 5.91. The van der Waals surface area contributed by atoms with Crippen LogP contribution in [0.4, 0.5) is 0 Å². The summed E-state index contributed by atoms with van der Waals surface area (Å²) in [6.45, 7) is 5.65. The molecule has 2 fully saturated rings. The Kier molecular flexibility index (Phi) is 13.3. The molecular weight excluding hydrogens is 452 g/mol. The summed E-state index contributed by atoms with van der Waals surface area (Å²) in [4.78, 5) is 64.2. The second kappa shape index (κ2) is 15.3. The third-order valence-electron chi connectivity index (χ3n) is 5.50. The maximum Gasteiger partial charge on any atom is 0.331 e. The van der Waals surface area contributed by atoms with Crippen molar-refractivity contribution in [3.05, 3.63) is 0 Å². The monoisotopic (exact) mass is 488 g/mol. The van der Waals surface area contributed by atoms with Gasteiger partial charge in [-0.2, -0.15) is 0 Å². The standard InChI is InChI=1S/C19H30N4O9.C2H6/c24-15(25)11-20-3-5-21(12-16(26)27)7-9-23(14-1-2-18(30)32-19(14)31)10-8-22(6-4-20)13-17(28)29;1-2/h14H,1-13H2,(H,24,25)(H,26,27)(H,28,29);1-2H3. The van der Waals surface area contributed by atoms with Crippen molar-refractivity contribution in [3.8, 4) is 0 Å². The molecule has 194 valence electrons. The molecule has 0 spiro atoms. The summed E-state index contributed by atoms with van der Waals surface area (Å²) in [6, 6.07) is -0.669. The lowest BCUT2D eigenvalue weighted by molar-refractivity contribution is -0.169. The lowest BCUT2D eigenvalue weighted by Crippen LogP contribution is -2.53. The van der Waals surface area contributed by atoms with E-state index in [0.717, 1.165) is 0 Å². The molecular formula is C21H36N4O9. The van der Waals surface area contributed by atoms with Crippen LogP contribution in [0, 0.1) is 0 Å². The number of ether oxygens (including phenoxy) is 1. The van der Waals surface area contributed by atoms with Gasteiger partial charge in [-0.15, -0.1) is 0 Å². The van der Waals surface area contributed by atoms with E-state index < -0.39 is 35.9 Å². The molecule has 1 atom stereocenters. The van der Waals surface area contributed by atoms with Gasteiger partial charge in [0.2, 0.25) is 0 Å². The molecule has 0 bridgehead atoms. The molecule has 0 aliphatic carbocycles. The summed E-state index contributed by atoms with van der Waals surface area (Å²) < 4.78 is 4.76. The van der Waals surface area contributed by atoms with E-state index in [2.05, 4.69) is 0 Å². The zero-order valence-electron chi connectivity index (χ0n) is 19.8. The van der Waals surface area contributed by atoms with Gasteiger partial charge in [0.1, 0.15) is 6.04 Å². The van der Waals surface area contributed by atoms with E-state index in [0.29, 0.717) is 52.4 Å². The number of carbonyl (C=O) groups is 5. The van der Waals surface area contributed by atoms with Crippen LogP contribution < -0.4 is 0 Å². The molecule has 13 heteroatoms. The molecule has 0 aromatic carbocycles. The van der Waals surface area contributed by atoms with Gasteiger partial charge in [0.25, 0.3) is 0 Å². The predicted molar refractivity (Wildman–Crippen MR) is 119 cm³/mol. The molecule has 0 amide bonds. The van der Waals surface area contributed by atoms with Crippen molar-refractivity contribution < 1.29 is 44.0 Å². The molecule has 2 saturated heterocycles. The van der Waals surface area contributed by atoms with E-state index in [1.807, 2.05) is 13.8 Å². The smallest absolute Gasteiger partial charge is 0.331 e. The van der Waals surface area contributed by atoms with Gasteiger partial charge in [0.05, 0.1) is 19.6 Å². The SMILES string of the molecule is CC.O=C(O)CN1CCN(CC(=O)O)CCN(C2CCC(=O)OC2=O)CCN(CC(=O)O)CC1. The Balaban J connectivity index is 0.00000281. The molecule has 0 aromatic rings. The summed E-state index contributed by atoms with van der Waals surface area (Å²) in [5.41, 5.74) is 0.